The molecule has 0 spiro atoms. The van der Waals surface area contributed by atoms with Crippen LogP contribution in [0.25, 0.3) is 17.0 Å². The Morgan fingerprint density at radius 3 is 2.43 bits per heavy atom. The maximum absolute atomic E-state index is 12.9. The number of H-pyrrole nitrogens is 1. The molecule has 0 atom stereocenters. The fourth-order valence-corrected chi connectivity index (χ4v) is 3.70. The van der Waals surface area contributed by atoms with Gasteiger partial charge in [-0.1, -0.05) is 17.7 Å². The van der Waals surface area contributed by atoms with Crippen molar-refractivity contribution in [3.8, 4) is 17.6 Å². The summed E-state index contributed by atoms with van der Waals surface area (Å²) in [6.45, 7) is 1.84. The average molecular weight is 426 g/mol. The van der Waals surface area contributed by atoms with Gasteiger partial charge in [-0.15, -0.1) is 0 Å². The lowest BCUT2D eigenvalue weighted by Crippen LogP contribution is -2.10. The molecule has 3 rings (SSSR count). The Morgan fingerprint density at radius 1 is 1.13 bits per heavy atom. The molecule has 0 aliphatic heterocycles. The molecule has 0 bridgehead atoms. The van der Waals surface area contributed by atoms with E-state index in [1.807, 2.05) is 6.92 Å². The molecule has 0 unspecified atom stereocenters. The average Bonchev–Trinajstić information content (AvgIpc) is 3.07. The molecule has 0 radical (unpaired) electrons. The van der Waals surface area contributed by atoms with Crippen LogP contribution in [0.4, 0.5) is 0 Å². The van der Waals surface area contributed by atoms with Gasteiger partial charge in [-0.2, -0.15) is 13.7 Å². The SMILES string of the molecule is COC(=O)/C(C#N)=C/c1[nH]c2ccc(OC)cc2c1OS(=O)(=O)c1ccc(C)cc1. The number of fused-ring (bicyclic) bond motifs is 1. The van der Waals surface area contributed by atoms with Gasteiger partial charge in [0.15, 0.2) is 5.75 Å². The van der Waals surface area contributed by atoms with Gasteiger partial charge in [0.1, 0.15) is 22.3 Å². The Labute approximate surface area is 173 Å². The lowest BCUT2D eigenvalue weighted by Gasteiger charge is -2.08. The number of nitrogens with one attached hydrogen (secondary N) is 1. The molecule has 154 valence electrons. The zero-order chi connectivity index (χ0) is 21.9. The van der Waals surface area contributed by atoms with Gasteiger partial charge >= 0.3 is 16.1 Å². The van der Waals surface area contributed by atoms with Crippen molar-refractivity contribution >= 4 is 33.1 Å². The third-order valence-corrected chi connectivity index (χ3v) is 5.54. The van der Waals surface area contributed by atoms with Crippen molar-refractivity contribution in [2.24, 2.45) is 0 Å². The molecule has 0 aliphatic rings. The molecular formula is C21H18N2O6S. The number of nitriles is 1. The summed E-state index contributed by atoms with van der Waals surface area (Å²) in [5.41, 5.74) is 1.22. The number of rotatable bonds is 6. The third-order valence-electron chi connectivity index (χ3n) is 4.30. The first-order valence-corrected chi connectivity index (χ1v) is 10.1. The highest BCUT2D eigenvalue weighted by atomic mass is 32.2. The van der Waals surface area contributed by atoms with Gasteiger partial charge in [-0.05, 0) is 43.3 Å². The molecule has 0 saturated heterocycles. The number of carbonyl (C=O) groups is 1. The highest BCUT2D eigenvalue weighted by Crippen LogP contribution is 2.36. The molecule has 3 aromatic rings. The second-order valence-corrected chi connectivity index (χ2v) is 7.84. The predicted molar refractivity (Wildman–Crippen MR) is 109 cm³/mol. The summed E-state index contributed by atoms with van der Waals surface area (Å²) in [6, 6.07) is 12.8. The van der Waals surface area contributed by atoms with Crippen molar-refractivity contribution in [2.75, 3.05) is 14.2 Å². The normalized spacial score (nSPS) is 11.7. The van der Waals surface area contributed by atoms with E-state index in [9.17, 15) is 18.5 Å². The predicted octanol–water partition coefficient (Wildman–Crippen LogP) is 3.33. The minimum atomic E-state index is -4.19. The van der Waals surface area contributed by atoms with Crippen LogP contribution >= 0.6 is 0 Å². The monoisotopic (exact) mass is 426 g/mol. The van der Waals surface area contributed by atoms with Gasteiger partial charge in [-0.25, -0.2) is 4.79 Å². The molecule has 1 aromatic heterocycles. The van der Waals surface area contributed by atoms with E-state index >= 15 is 0 Å². The summed E-state index contributed by atoms with van der Waals surface area (Å²) < 4.78 is 41.0. The second kappa shape index (κ2) is 8.31. The minimum absolute atomic E-state index is 0.0336. The van der Waals surface area contributed by atoms with Crippen molar-refractivity contribution in [1.82, 2.24) is 4.98 Å². The van der Waals surface area contributed by atoms with E-state index < -0.39 is 16.1 Å². The van der Waals surface area contributed by atoms with Crippen LogP contribution in [0.5, 0.6) is 11.5 Å². The molecule has 0 aliphatic carbocycles. The number of esters is 1. The van der Waals surface area contributed by atoms with Crippen LogP contribution in [0.2, 0.25) is 0 Å². The van der Waals surface area contributed by atoms with Crippen LogP contribution in [0, 0.1) is 18.3 Å². The van der Waals surface area contributed by atoms with E-state index in [2.05, 4.69) is 9.72 Å². The van der Waals surface area contributed by atoms with Gasteiger partial charge in [0, 0.05) is 5.39 Å². The highest BCUT2D eigenvalue weighted by Gasteiger charge is 2.23. The number of benzene rings is 2. The first-order chi connectivity index (χ1) is 14.3. The Hall–Kier alpha value is -3.77. The Morgan fingerprint density at radius 2 is 1.83 bits per heavy atom. The minimum Gasteiger partial charge on any atom is -0.497 e. The number of aromatic nitrogens is 1. The van der Waals surface area contributed by atoms with Gasteiger partial charge in [0.05, 0.1) is 25.4 Å². The van der Waals surface area contributed by atoms with Crippen molar-refractivity contribution in [2.45, 2.75) is 11.8 Å². The molecule has 9 heteroatoms. The third kappa shape index (κ3) is 4.14. The molecule has 1 N–H and O–H groups in total. The van der Waals surface area contributed by atoms with Crippen LogP contribution < -0.4 is 8.92 Å². The number of ether oxygens (including phenoxy) is 2. The van der Waals surface area contributed by atoms with Crippen molar-refractivity contribution in [1.29, 1.82) is 5.26 Å². The summed E-state index contributed by atoms with van der Waals surface area (Å²) in [7, 11) is -1.57. The summed E-state index contributed by atoms with van der Waals surface area (Å²) >= 11 is 0. The number of nitrogens with zero attached hydrogens (tertiary/aromatic N) is 1. The molecule has 30 heavy (non-hydrogen) atoms. The van der Waals surface area contributed by atoms with Gasteiger partial charge < -0.3 is 18.6 Å². The lowest BCUT2D eigenvalue weighted by molar-refractivity contribution is -0.135. The van der Waals surface area contributed by atoms with Crippen molar-refractivity contribution < 1.29 is 26.9 Å². The summed E-state index contributed by atoms with van der Waals surface area (Å²) in [5, 5.41) is 9.66. The largest absolute Gasteiger partial charge is 0.497 e. The van der Waals surface area contributed by atoms with E-state index in [1.165, 1.54) is 25.3 Å². The standard InChI is InChI=1S/C21H18N2O6S/c1-13-4-7-16(8-5-13)30(25,26)29-20-17-11-15(27-2)6-9-18(17)23-19(20)10-14(12-22)21(24)28-3/h4-11,23H,1-3H3/b14-10+. The van der Waals surface area contributed by atoms with Gasteiger partial charge in [0.2, 0.25) is 0 Å². The summed E-state index contributed by atoms with van der Waals surface area (Å²) in [5.74, 6) is -0.453. The Balaban J connectivity index is 2.20. The fourth-order valence-electron chi connectivity index (χ4n) is 2.74. The van der Waals surface area contributed by atoms with Crippen LogP contribution in [-0.4, -0.2) is 33.6 Å². The first-order valence-electron chi connectivity index (χ1n) is 8.70. The molecule has 0 amide bonds. The second-order valence-electron chi connectivity index (χ2n) is 6.29. The van der Waals surface area contributed by atoms with E-state index in [0.717, 1.165) is 12.7 Å². The molecular weight excluding hydrogens is 408 g/mol. The van der Waals surface area contributed by atoms with Gasteiger partial charge in [-0.3, -0.25) is 0 Å². The van der Waals surface area contributed by atoms with E-state index in [-0.39, 0.29) is 21.9 Å². The van der Waals surface area contributed by atoms with Crippen LogP contribution in [0.1, 0.15) is 11.3 Å². The number of aromatic amines is 1. The van der Waals surface area contributed by atoms with E-state index in [0.29, 0.717) is 16.7 Å². The molecule has 1 heterocycles. The molecule has 8 nitrogen and oxygen atoms in total. The number of hydrogen-bond acceptors (Lipinski definition) is 7. The number of carbonyl (C=O) groups excluding carboxylic acids is 1. The molecule has 2 aromatic carbocycles. The van der Waals surface area contributed by atoms with Crippen LogP contribution in [-0.2, 0) is 19.6 Å². The van der Waals surface area contributed by atoms with Crippen molar-refractivity contribution in [3.05, 3.63) is 59.3 Å². The lowest BCUT2D eigenvalue weighted by atomic mass is 10.2. The summed E-state index contributed by atoms with van der Waals surface area (Å²) in [6.07, 6.45) is 1.18. The fraction of sp³-hybridized carbons (Fsp3) is 0.143. The van der Waals surface area contributed by atoms with E-state index in [1.54, 1.807) is 36.4 Å². The maximum Gasteiger partial charge on any atom is 0.348 e. The van der Waals surface area contributed by atoms with Crippen LogP contribution in [0.15, 0.2) is 52.9 Å². The maximum atomic E-state index is 12.9. The highest BCUT2D eigenvalue weighted by molar-refractivity contribution is 7.87. The zero-order valence-electron chi connectivity index (χ0n) is 16.4. The van der Waals surface area contributed by atoms with Gasteiger partial charge in [0.25, 0.3) is 0 Å². The molecule has 0 fully saturated rings. The summed E-state index contributed by atoms with van der Waals surface area (Å²) in [4.78, 5) is 14.7. The van der Waals surface area contributed by atoms with Crippen LogP contribution in [0.3, 0.4) is 0 Å². The van der Waals surface area contributed by atoms with E-state index in [4.69, 9.17) is 8.92 Å². The topological polar surface area (TPSA) is 118 Å². The number of methoxy groups -OCH3 is 2. The number of aryl methyl sites for hydroxylation is 1. The smallest absolute Gasteiger partial charge is 0.348 e. The van der Waals surface area contributed by atoms with Crippen molar-refractivity contribution in [3.63, 3.8) is 0 Å². The zero-order valence-corrected chi connectivity index (χ0v) is 17.2. The Kier molecular flexibility index (Phi) is 5.80. The Bertz CT molecular complexity index is 1280. The molecule has 0 saturated carbocycles. The number of hydrogen-bond donors (Lipinski definition) is 1. The quantitative estimate of drug-likeness (QED) is 0.278. The first kappa shape index (κ1) is 21.0.